The lowest BCUT2D eigenvalue weighted by Gasteiger charge is -2.39. The average Bonchev–Trinajstić information content (AvgIpc) is 2.55. The van der Waals surface area contributed by atoms with E-state index in [1.54, 1.807) is 0 Å². The summed E-state index contributed by atoms with van der Waals surface area (Å²) in [6.45, 7) is 0.859. The topological polar surface area (TPSA) is 126 Å². The van der Waals surface area contributed by atoms with Crippen LogP contribution in [-0.2, 0) is 4.74 Å². The number of methoxy groups -OCH3 is 1. The van der Waals surface area contributed by atoms with Crippen LogP contribution in [0.1, 0.15) is 17.3 Å². The quantitative estimate of drug-likeness (QED) is 0.511. The minimum absolute atomic E-state index is 0.150. The van der Waals surface area contributed by atoms with Gasteiger partial charge in [-0.15, -0.1) is 0 Å². The summed E-state index contributed by atoms with van der Waals surface area (Å²) in [6, 6.07) is 4.46. The first-order valence-electron chi connectivity index (χ1n) is 7.05. The molecule has 1 aromatic rings. The Labute approximate surface area is 132 Å². The molecule has 0 aliphatic carbocycles. The Morgan fingerprint density at radius 1 is 1.17 bits per heavy atom. The van der Waals surface area contributed by atoms with Gasteiger partial charge in [0.25, 0.3) is 0 Å². The van der Waals surface area contributed by atoms with E-state index in [0.717, 1.165) is 0 Å². The molecule has 0 saturated carbocycles. The first kappa shape index (κ1) is 17.6. The molecule has 4 N–H and O–H groups in total. The highest BCUT2D eigenvalue weighted by Gasteiger charge is 2.44. The van der Waals surface area contributed by atoms with Gasteiger partial charge in [0.1, 0.15) is 24.4 Å². The van der Waals surface area contributed by atoms with E-state index >= 15 is 0 Å². The van der Waals surface area contributed by atoms with Gasteiger partial charge in [-0.2, -0.15) is 0 Å². The number of ether oxygens (including phenoxy) is 3. The average molecular weight is 328 g/mol. The number of hydrogen-bond acceptors (Lipinski definition) is 8. The maximum absolute atomic E-state index is 11.4. The van der Waals surface area contributed by atoms with E-state index in [1.165, 1.54) is 32.2 Å². The minimum Gasteiger partial charge on any atom is -0.493 e. The van der Waals surface area contributed by atoms with Gasteiger partial charge in [-0.05, 0) is 25.1 Å². The molecule has 1 aromatic carbocycles. The van der Waals surface area contributed by atoms with Crippen molar-refractivity contribution in [1.82, 2.24) is 0 Å². The fraction of sp³-hybridized carbons (Fsp3) is 0.533. The highest BCUT2D eigenvalue weighted by atomic mass is 16.7. The van der Waals surface area contributed by atoms with Crippen LogP contribution in [0, 0.1) is 0 Å². The summed E-state index contributed by atoms with van der Waals surface area (Å²) in [5.41, 5.74) is 0.419. The van der Waals surface area contributed by atoms with Crippen LogP contribution >= 0.6 is 0 Å². The van der Waals surface area contributed by atoms with Crippen molar-refractivity contribution in [2.45, 2.75) is 37.6 Å². The summed E-state index contributed by atoms with van der Waals surface area (Å²) in [4.78, 5) is 11.4. The molecule has 0 amide bonds. The molecule has 1 aliphatic rings. The first-order chi connectivity index (χ1) is 10.9. The Hall–Kier alpha value is -1.71. The van der Waals surface area contributed by atoms with Crippen molar-refractivity contribution in [1.29, 1.82) is 0 Å². The van der Waals surface area contributed by atoms with E-state index in [9.17, 15) is 20.1 Å². The predicted octanol–water partition coefficient (Wildman–Crippen LogP) is -0.924. The summed E-state index contributed by atoms with van der Waals surface area (Å²) in [7, 11) is 1.39. The number of rotatable bonds is 5. The zero-order valence-corrected chi connectivity index (χ0v) is 12.7. The fourth-order valence-corrected chi connectivity index (χ4v) is 2.27. The molecule has 1 fully saturated rings. The number of carbonyl (C=O) groups is 1. The maximum Gasteiger partial charge on any atom is 0.229 e. The predicted molar refractivity (Wildman–Crippen MR) is 77.4 cm³/mol. The van der Waals surface area contributed by atoms with Crippen LogP contribution in [0.2, 0.25) is 0 Å². The fourth-order valence-electron chi connectivity index (χ4n) is 2.27. The second-order valence-corrected chi connectivity index (χ2v) is 5.24. The number of benzene rings is 1. The molecule has 1 aliphatic heterocycles. The smallest absolute Gasteiger partial charge is 0.229 e. The molecule has 0 spiro atoms. The standard InChI is InChI=1S/C15H20O8/c1-7(17)8-3-4-9(10(5-8)21-2)22-15-14(20)13(19)12(18)11(6-16)23-15/h3-5,11-16,18-20H,6H2,1-2H3/t11-,12-,13-,14-,15-/m1/s1. The van der Waals surface area contributed by atoms with Crippen molar-refractivity contribution in [3.05, 3.63) is 23.8 Å². The molecule has 0 aromatic heterocycles. The third-order valence-electron chi connectivity index (χ3n) is 3.66. The minimum atomic E-state index is -1.53. The molecule has 0 radical (unpaired) electrons. The van der Waals surface area contributed by atoms with Crippen LogP contribution in [0.5, 0.6) is 11.5 Å². The Bertz CT molecular complexity index is 558. The van der Waals surface area contributed by atoms with Gasteiger partial charge in [0.2, 0.25) is 6.29 Å². The number of aliphatic hydroxyl groups is 4. The van der Waals surface area contributed by atoms with E-state index < -0.39 is 37.3 Å². The SMILES string of the molecule is COc1cc(C(C)=O)ccc1O[C@@H]1O[C@H](CO)[C@@H](O)[C@@H](O)[C@H]1O. The summed E-state index contributed by atoms with van der Waals surface area (Å²) >= 11 is 0. The molecular weight excluding hydrogens is 308 g/mol. The Balaban J connectivity index is 2.22. The highest BCUT2D eigenvalue weighted by molar-refractivity contribution is 5.94. The van der Waals surface area contributed by atoms with Crippen LogP contribution in [0.15, 0.2) is 18.2 Å². The number of hydrogen-bond donors (Lipinski definition) is 4. The van der Waals surface area contributed by atoms with Gasteiger partial charge in [-0.25, -0.2) is 0 Å². The third kappa shape index (κ3) is 3.62. The van der Waals surface area contributed by atoms with Crippen LogP contribution in [-0.4, -0.2) is 70.6 Å². The van der Waals surface area contributed by atoms with Crippen molar-refractivity contribution in [2.75, 3.05) is 13.7 Å². The molecule has 1 heterocycles. The lowest BCUT2D eigenvalue weighted by Crippen LogP contribution is -2.60. The monoisotopic (exact) mass is 328 g/mol. The normalized spacial score (nSPS) is 30.8. The maximum atomic E-state index is 11.4. The van der Waals surface area contributed by atoms with Gasteiger partial charge >= 0.3 is 0 Å². The number of Topliss-reactive ketones (excluding diaryl/α,β-unsaturated/α-hetero) is 1. The molecule has 128 valence electrons. The van der Waals surface area contributed by atoms with Crippen molar-refractivity contribution in [3.8, 4) is 11.5 Å². The molecule has 8 heteroatoms. The van der Waals surface area contributed by atoms with Crippen LogP contribution in [0.4, 0.5) is 0 Å². The van der Waals surface area contributed by atoms with Crippen molar-refractivity contribution in [3.63, 3.8) is 0 Å². The summed E-state index contributed by atoms with van der Waals surface area (Å²) in [6.07, 6.45) is -6.90. The summed E-state index contributed by atoms with van der Waals surface area (Å²) in [5.74, 6) is 0.277. The number of carbonyl (C=O) groups excluding carboxylic acids is 1. The van der Waals surface area contributed by atoms with E-state index in [1.807, 2.05) is 0 Å². The van der Waals surface area contributed by atoms with Crippen LogP contribution in [0.3, 0.4) is 0 Å². The lowest BCUT2D eigenvalue weighted by atomic mass is 9.99. The Kier molecular flexibility index (Phi) is 5.55. The highest BCUT2D eigenvalue weighted by Crippen LogP contribution is 2.32. The van der Waals surface area contributed by atoms with E-state index in [0.29, 0.717) is 5.56 Å². The van der Waals surface area contributed by atoms with Crippen LogP contribution in [0.25, 0.3) is 0 Å². The molecular formula is C15H20O8. The largest absolute Gasteiger partial charge is 0.493 e. The Morgan fingerprint density at radius 3 is 2.43 bits per heavy atom. The van der Waals surface area contributed by atoms with E-state index in [-0.39, 0.29) is 17.3 Å². The molecule has 23 heavy (non-hydrogen) atoms. The third-order valence-corrected chi connectivity index (χ3v) is 3.66. The zero-order valence-electron chi connectivity index (χ0n) is 12.7. The van der Waals surface area contributed by atoms with E-state index in [4.69, 9.17) is 19.3 Å². The second-order valence-electron chi connectivity index (χ2n) is 5.24. The first-order valence-corrected chi connectivity index (χ1v) is 7.05. The zero-order chi connectivity index (χ0) is 17.1. The molecule has 8 nitrogen and oxygen atoms in total. The van der Waals surface area contributed by atoms with E-state index in [2.05, 4.69) is 0 Å². The van der Waals surface area contributed by atoms with Gasteiger partial charge in [0.05, 0.1) is 13.7 Å². The Morgan fingerprint density at radius 2 is 1.87 bits per heavy atom. The van der Waals surface area contributed by atoms with Crippen LogP contribution < -0.4 is 9.47 Å². The van der Waals surface area contributed by atoms with Crippen molar-refractivity contribution < 1.29 is 39.4 Å². The van der Waals surface area contributed by atoms with Gasteiger partial charge < -0.3 is 34.6 Å². The summed E-state index contributed by atoms with van der Waals surface area (Å²) in [5, 5.41) is 38.6. The lowest BCUT2D eigenvalue weighted by molar-refractivity contribution is -0.277. The van der Waals surface area contributed by atoms with Crippen molar-refractivity contribution in [2.24, 2.45) is 0 Å². The molecule has 1 saturated heterocycles. The number of ketones is 1. The molecule has 5 atom stereocenters. The summed E-state index contributed by atoms with van der Waals surface area (Å²) < 4.78 is 15.9. The van der Waals surface area contributed by atoms with Crippen molar-refractivity contribution >= 4 is 5.78 Å². The van der Waals surface area contributed by atoms with Gasteiger partial charge in [0, 0.05) is 5.56 Å². The van der Waals surface area contributed by atoms with Gasteiger partial charge in [0.15, 0.2) is 17.3 Å². The second kappa shape index (κ2) is 7.24. The molecule has 0 unspecified atom stereocenters. The van der Waals surface area contributed by atoms with Gasteiger partial charge in [-0.3, -0.25) is 4.79 Å². The molecule has 0 bridgehead atoms. The molecule has 2 rings (SSSR count). The van der Waals surface area contributed by atoms with Gasteiger partial charge in [-0.1, -0.05) is 0 Å². The number of aliphatic hydroxyl groups excluding tert-OH is 4.